The SMILES string of the molecule is Cc1cc(CSc2ncccc2C(=O)OC(C)C(=O)N2CCCC2)no1. The molecule has 3 rings (SSSR count). The number of likely N-dealkylation sites (tertiary alicyclic amines) is 1. The Labute approximate surface area is 156 Å². The molecule has 1 atom stereocenters. The molecule has 1 aliphatic heterocycles. The Morgan fingerprint density at radius 1 is 1.38 bits per heavy atom. The van der Waals surface area contributed by atoms with Gasteiger partial charge in [-0.1, -0.05) is 16.9 Å². The molecule has 2 aromatic rings. The fraction of sp³-hybridized carbons (Fsp3) is 0.444. The van der Waals surface area contributed by atoms with Crippen LogP contribution in [-0.4, -0.2) is 46.1 Å². The van der Waals surface area contributed by atoms with Crippen LogP contribution < -0.4 is 0 Å². The first-order chi connectivity index (χ1) is 12.5. The van der Waals surface area contributed by atoms with Crippen molar-refractivity contribution < 1.29 is 18.8 Å². The number of pyridine rings is 1. The molecule has 1 fully saturated rings. The number of ether oxygens (including phenoxy) is 1. The number of hydrogen-bond donors (Lipinski definition) is 0. The van der Waals surface area contributed by atoms with Crippen LogP contribution in [-0.2, 0) is 15.3 Å². The number of aryl methyl sites for hydroxylation is 1. The summed E-state index contributed by atoms with van der Waals surface area (Å²) in [6.45, 7) is 4.89. The molecule has 0 radical (unpaired) electrons. The molecule has 0 bridgehead atoms. The molecule has 0 aliphatic carbocycles. The van der Waals surface area contributed by atoms with Gasteiger partial charge in [0.2, 0.25) is 0 Å². The summed E-state index contributed by atoms with van der Waals surface area (Å²) in [5.74, 6) is 0.566. The lowest BCUT2D eigenvalue weighted by atomic mass is 10.3. The van der Waals surface area contributed by atoms with E-state index < -0.39 is 12.1 Å². The fourth-order valence-corrected chi connectivity index (χ4v) is 3.62. The van der Waals surface area contributed by atoms with E-state index in [-0.39, 0.29) is 5.91 Å². The molecule has 1 saturated heterocycles. The minimum absolute atomic E-state index is 0.146. The summed E-state index contributed by atoms with van der Waals surface area (Å²) in [5, 5.41) is 4.47. The van der Waals surface area contributed by atoms with Gasteiger partial charge in [0.05, 0.1) is 11.3 Å². The number of esters is 1. The van der Waals surface area contributed by atoms with E-state index in [2.05, 4.69) is 10.1 Å². The van der Waals surface area contributed by atoms with Gasteiger partial charge in [-0.05, 0) is 38.8 Å². The largest absolute Gasteiger partial charge is 0.449 e. The predicted molar refractivity (Wildman–Crippen MR) is 95.7 cm³/mol. The van der Waals surface area contributed by atoms with E-state index in [1.807, 2.05) is 13.0 Å². The number of rotatable bonds is 6. The van der Waals surface area contributed by atoms with Crippen molar-refractivity contribution in [2.75, 3.05) is 13.1 Å². The van der Waals surface area contributed by atoms with E-state index in [9.17, 15) is 9.59 Å². The van der Waals surface area contributed by atoms with Crippen LogP contribution in [0.4, 0.5) is 0 Å². The third kappa shape index (κ3) is 4.43. The van der Waals surface area contributed by atoms with Crippen molar-refractivity contribution in [2.45, 2.75) is 43.6 Å². The van der Waals surface area contributed by atoms with Crippen molar-refractivity contribution in [3.8, 4) is 0 Å². The molecule has 0 aromatic carbocycles. The molecule has 1 amide bonds. The van der Waals surface area contributed by atoms with Gasteiger partial charge in [0.25, 0.3) is 5.91 Å². The van der Waals surface area contributed by atoms with Crippen LogP contribution in [0.5, 0.6) is 0 Å². The molecule has 2 aromatic heterocycles. The zero-order chi connectivity index (χ0) is 18.5. The van der Waals surface area contributed by atoms with Crippen LogP contribution in [0.25, 0.3) is 0 Å². The molecular weight excluding hydrogens is 354 g/mol. The van der Waals surface area contributed by atoms with Crippen LogP contribution in [0, 0.1) is 6.92 Å². The summed E-state index contributed by atoms with van der Waals surface area (Å²) in [6, 6.07) is 5.16. The average Bonchev–Trinajstić information content (AvgIpc) is 3.31. The van der Waals surface area contributed by atoms with E-state index in [1.165, 1.54) is 11.8 Å². The summed E-state index contributed by atoms with van der Waals surface area (Å²) in [4.78, 5) is 30.8. The van der Waals surface area contributed by atoms with Crippen LogP contribution in [0.2, 0.25) is 0 Å². The lowest BCUT2D eigenvalue weighted by Gasteiger charge is -2.20. The van der Waals surface area contributed by atoms with Crippen molar-refractivity contribution in [2.24, 2.45) is 0 Å². The zero-order valence-corrected chi connectivity index (χ0v) is 15.6. The van der Waals surface area contributed by atoms with Crippen molar-refractivity contribution in [3.63, 3.8) is 0 Å². The quantitative estimate of drug-likeness (QED) is 0.567. The molecule has 0 N–H and O–H groups in total. The Morgan fingerprint density at radius 3 is 2.85 bits per heavy atom. The summed E-state index contributed by atoms with van der Waals surface area (Å²) >= 11 is 1.37. The Bertz CT molecular complexity index is 786. The lowest BCUT2D eigenvalue weighted by molar-refractivity contribution is -0.138. The van der Waals surface area contributed by atoms with E-state index in [0.29, 0.717) is 16.3 Å². The number of carbonyl (C=O) groups is 2. The van der Waals surface area contributed by atoms with E-state index in [1.54, 1.807) is 30.2 Å². The second kappa shape index (κ2) is 8.35. The van der Waals surface area contributed by atoms with Gasteiger partial charge < -0.3 is 14.2 Å². The Morgan fingerprint density at radius 2 is 2.15 bits per heavy atom. The Hall–Kier alpha value is -2.35. The van der Waals surface area contributed by atoms with Crippen molar-refractivity contribution in [1.29, 1.82) is 0 Å². The fourth-order valence-electron chi connectivity index (χ4n) is 2.76. The standard InChI is InChI=1S/C18H21N3O4S/c1-12-10-14(20-25-12)11-26-16-15(6-5-7-19-16)18(23)24-13(2)17(22)21-8-3-4-9-21/h5-7,10,13H,3-4,8-9,11H2,1-2H3. The van der Waals surface area contributed by atoms with Crippen molar-refractivity contribution >= 4 is 23.6 Å². The highest BCUT2D eigenvalue weighted by molar-refractivity contribution is 7.98. The molecule has 1 aliphatic rings. The number of aromatic nitrogens is 2. The molecule has 3 heterocycles. The highest BCUT2D eigenvalue weighted by Gasteiger charge is 2.27. The average molecular weight is 375 g/mol. The van der Waals surface area contributed by atoms with E-state index in [4.69, 9.17) is 9.26 Å². The van der Waals surface area contributed by atoms with Crippen LogP contribution in [0.1, 0.15) is 41.6 Å². The molecule has 1 unspecified atom stereocenters. The monoisotopic (exact) mass is 375 g/mol. The van der Waals surface area contributed by atoms with Gasteiger partial charge in [0.1, 0.15) is 10.8 Å². The first-order valence-electron chi connectivity index (χ1n) is 8.54. The van der Waals surface area contributed by atoms with E-state index >= 15 is 0 Å². The molecule has 0 saturated carbocycles. The predicted octanol–water partition coefficient (Wildman–Crippen LogP) is 2.84. The van der Waals surface area contributed by atoms with Crippen LogP contribution >= 0.6 is 11.8 Å². The Kier molecular flexibility index (Phi) is 5.92. The van der Waals surface area contributed by atoms with Crippen molar-refractivity contribution in [3.05, 3.63) is 41.4 Å². The van der Waals surface area contributed by atoms with Gasteiger partial charge in [-0.15, -0.1) is 0 Å². The summed E-state index contributed by atoms with van der Waals surface area (Å²) in [6.07, 6.45) is 2.80. The third-order valence-corrected chi connectivity index (χ3v) is 5.11. The minimum atomic E-state index is -0.808. The maximum atomic E-state index is 12.5. The molecule has 26 heavy (non-hydrogen) atoms. The van der Waals surface area contributed by atoms with Gasteiger partial charge in [-0.2, -0.15) is 0 Å². The molecular formula is C18H21N3O4S. The second-order valence-electron chi connectivity index (χ2n) is 6.15. The van der Waals surface area contributed by atoms with E-state index in [0.717, 1.165) is 37.4 Å². The highest BCUT2D eigenvalue weighted by Crippen LogP contribution is 2.25. The smallest absolute Gasteiger partial charge is 0.341 e. The first-order valence-corrected chi connectivity index (χ1v) is 9.53. The number of thioether (sulfide) groups is 1. The molecule has 138 valence electrons. The number of hydrogen-bond acceptors (Lipinski definition) is 7. The summed E-state index contributed by atoms with van der Waals surface area (Å²) in [7, 11) is 0. The van der Waals surface area contributed by atoms with Gasteiger partial charge >= 0.3 is 5.97 Å². The maximum Gasteiger partial charge on any atom is 0.341 e. The number of nitrogens with zero attached hydrogens (tertiary/aromatic N) is 3. The number of amides is 1. The highest BCUT2D eigenvalue weighted by atomic mass is 32.2. The van der Waals surface area contributed by atoms with Gasteiger partial charge in [-0.3, -0.25) is 4.79 Å². The molecule has 0 spiro atoms. The normalized spacial score (nSPS) is 15.1. The molecule has 8 heteroatoms. The minimum Gasteiger partial charge on any atom is -0.449 e. The summed E-state index contributed by atoms with van der Waals surface area (Å²) in [5.41, 5.74) is 1.12. The topological polar surface area (TPSA) is 85.5 Å². The maximum absolute atomic E-state index is 12.5. The van der Waals surface area contributed by atoms with Gasteiger partial charge in [0, 0.05) is 31.1 Å². The number of carbonyl (C=O) groups excluding carboxylic acids is 2. The second-order valence-corrected chi connectivity index (χ2v) is 7.12. The Balaban J connectivity index is 1.64. The summed E-state index contributed by atoms with van der Waals surface area (Å²) < 4.78 is 10.4. The van der Waals surface area contributed by atoms with Gasteiger partial charge in [-0.25, -0.2) is 9.78 Å². The van der Waals surface area contributed by atoms with Crippen molar-refractivity contribution in [1.82, 2.24) is 15.0 Å². The van der Waals surface area contributed by atoms with Gasteiger partial charge in [0.15, 0.2) is 6.10 Å². The lowest BCUT2D eigenvalue weighted by Crippen LogP contribution is -2.38. The molecule has 7 nitrogen and oxygen atoms in total. The first kappa shape index (κ1) is 18.4. The van der Waals surface area contributed by atoms with Crippen LogP contribution in [0.3, 0.4) is 0 Å². The third-order valence-electron chi connectivity index (χ3n) is 4.07. The van der Waals surface area contributed by atoms with Crippen LogP contribution in [0.15, 0.2) is 33.9 Å². The zero-order valence-electron chi connectivity index (χ0n) is 14.8.